The third kappa shape index (κ3) is 5.73. The van der Waals surface area contributed by atoms with Crippen molar-refractivity contribution in [3.05, 3.63) is 42.0 Å². The summed E-state index contributed by atoms with van der Waals surface area (Å²) in [5.41, 5.74) is 2.05. The second-order valence-corrected chi connectivity index (χ2v) is 7.43. The molecule has 0 radical (unpaired) electrons. The molecule has 0 unspecified atom stereocenters. The fourth-order valence-electron chi connectivity index (χ4n) is 3.79. The predicted octanol–water partition coefficient (Wildman–Crippen LogP) is 0.742. The van der Waals surface area contributed by atoms with Gasteiger partial charge in [0.2, 0.25) is 5.75 Å². The molecule has 1 fully saturated rings. The van der Waals surface area contributed by atoms with Crippen LogP contribution in [0.15, 0.2) is 36.4 Å². The van der Waals surface area contributed by atoms with Gasteiger partial charge in [-0.05, 0) is 29.8 Å². The molecule has 1 amide bonds. The van der Waals surface area contributed by atoms with E-state index in [1.807, 2.05) is 24.3 Å². The van der Waals surface area contributed by atoms with Crippen LogP contribution in [0.1, 0.15) is 5.56 Å². The monoisotopic (exact) mass is 430 g/mol. The van der Waals surface area contributed by atoms with Gasteiger partial charge < -0.3 is 34.1 Å². The highest BCUT2D eigenvalue weighted by atomic mass is 16.5. The summed E-state index contributed by atoms with van der Waals surface area (Å²) in [5, 5.41) is 3.00. The fourth-order valence-corrected chi connectivity index (χ4v) is 3.79. The molecule has 1 aliphatic heterocycles. The van der Waals surface area contributed by atoms with E-state index in [-0.39, 0.29) is 5.91 Å². The molecule has 168 valence electrons. The van der Waals surface area contributed by atoms with E-state index in [0.717, 1.165) is 43.2 Å². The number of hydrogen-bond donors (Lipinski definition) is 2. The standard InChI is InChI=1S/C23H31N3O5/c1-28-19-7-5-6-18(14-19)26-10-8-25(9-11-26)16-22(27)24-15-17-12-20(29-2)23(31-4)21(13-17)30-3/h5-7,12-14H,8-11,15-16H2,1-4H3,(H,24,27)/p+1. The summed E-state index contributed by atoms with van der Waals surface area (Å²) in [7, 11) is 6.40. The van der Waals surface area contributed by atoms with Gasteiger partial charge in [0, 0.05) is 18.3 Å². The molecule has 1 aliphatic rings. The van der Waals surface area contributed by atoms with Crippen molar-refractivity contribution in [2.45, 2.75) is 6.54 Å². The van der Waals surface area contributed by atoms with Crippen LogP contribution in [0.2, 0.25) is 0 Å². The second-order valence-electron chi connectivity index (χ2n) is 7.43. The van der Waals surface area contributed by atoms with E-state index in [2.05, 4.69) is 22.3 Å². The highest BCUT2D eigenvalue weighted by molar-refractivity contribution is 5.76. The number of carbonyl (C=O) groups excluding carboxylic acids is 1. The quantitative estimate of drug-likeness (QED) is 0.612. The summed E-state index contributed by atoms with van der Waals surface area (Å²) >= 11 is 0. The number of quaternary nitrogens is 1. The Bertz CT molecular complexity index is 856. The van der Waals surface area contributed by atoms with Crippen molar-refractivity contribution in [3.63, 3.8) is 0 Å². The van der Waals surface area contributed by atoms with Crippen LogP contribution in [0.5, 0.6) is 23.0 Å². The molecule has 0 spiro atoms. The normalized spacial score (nSPS) is 14.1. The molecule has 8 nitrogen and oxygen atoms in total. The molecular weight excluding hydrogens is 398 g/mol. The zero-order chi connectivity index (χ0) is 22.2. The molecule has 0 aromatic heterocycles. The molecule has 0 aliphatic carbocycles. The average Bonchev–Trinajstić information content (AvgIpc) is 2.82. The summed E-state index contributed by atoms with van der Waals surface area (Å²) in [5.74, 6) is 2.58. The van der Waals surface area contributed by atoms with Gasteiger partial charge in [0.1, 0.15) is 5.75 Å². The minimum Gasteiger partial charge on any atom is -0.497 e. The van der Waals surface area contributed by atoms with Crippen LogP contribution in [0.25, 0.3) is 0 Å². The molecule has 2 N–H and O–H groups in total. The largest absolute Gasteiger partial charge is 0.497 e. The number of nitrogens with one attached hydrogen (secondary N) is 2. The molecule has 2 aromatic rings. The SMILES string of the molecule is COc1cccc(N2CC[NH+](CC(=O)NCc3cc(OC)c(OC)c(OC)c3)CC2)c1. The number of carbonyl (C=O) groups is 1. The van der Waals surface area contributed by atoms with Crippen LogP contribution in [0.4, 0.5) is 5.69 Å². The molecule has 0 bridgehead atoms. The predicted molar refractivity (Wildman–Crippen MR) is 119 cm³/mol. The Morgan fingerprint density at radius 1 is 0.968 bits per heavy atom. The van der Waals surface area contributed by atoms with Crippen LogP contribution in [-0.2, 0) is 11.3 Å². The van der Waals surface area contributed by atoms with Gasteiger partial charge in [0.25, 0.3) is 5.91 Å². The van der Waals surface area contributed by atoms with Crippen molar-refractivity contribution in [3.8, 4) is 23.0 Å². The van der Waals surface area contributed by atoms with Crippen LogP contribution in [-0.4, -0.2) is 67.1 Å². The van der Waals surface area contributed by atoms with Crippen LogP contribution in [0.3, 0.4) is 0 Å². The van der Waals surface area contributed by atoms with E-state index in [0.29, 0.717) is 30.3 Å². The van der Waals surface area contributed by atoms with E-state index in [4.69, 9.17) is 18.9 Å². The van der Waals surface area contributed by atoms with Gasteiger partial charge in [-0.25, -0.2) is 0 Å². The van der Waals surface area contributed by atoms with E-state index < -0.39 is 0 Å². The van der Waals surface area contributed by atoms with Gasteiger partial charge in [-0.2, -0.15) is 0 Å². The Labute approximate surface area is 183 Å². The zero-order valence-corrected chi connectivity index (χ0v) is 18.7. The van der Waals surface area contributed by atoms with Crippen molar-refractivity contribution >= 4 is 11.6 Å². The summed E-state index contributed by atoms with van der Waals surface area (Å²) in [6.45, 7) is 4.49. The Morgan fingerprint density at radius 3 is 2.23 bits per heavy atom. The number of rotatable bonds is 9. The molecule has 2 aromatic carbocycles. The van der Waals surface area contributed by atoms with Crippen LogP contribution < -0.4 is 34.1 Å². The highest BCUT2D eigenvalue weighted by Crippen LogP contribution is 2.38. The lowest BCUT2D eigenvalue weighted by atomic mass is 10.1. The first-order chi connectivity index (χ1) is 15.1. The van der Waals surface area contributed by atoms with Crippen molar-refractivity contribution in [1.29, 1.82) is 0 Å². The molecule has 3 rings (SSSR count). The zero-order valence-electron chi connectivity index (χ0n) is 18.7. The summed E-state index contributed by atoms with van der Waals surface area (Å²) in [6.07, 6.45) is 0. The van der Waals surface area contributed by atoms with E-state index in [1.165, 1.54) is 4.90 Å². The summed E-state index contributed by atoms with van der Waals surface area (Å²) < 4.78 is 21.4. The fraction of sp³-hybridized carbons (Fsp3) is 0.435. The second kappa shape index (κ2) is 10.8. The summed E-state index contributed by atoms with van der Waals surface area (Å²) in [6, 6.07) is 11.8. The Balaban J connectivity index is 1.50. The number of piperazine rings is 1. The highest BCUT2D eigenvalue weighted by Gasteiger charge is 2.22. The Hall–Kier alpha value is -3.13. The first kappa shape index (κ1) is 22.6. The first-order valence-electron chi connectivity index (χ1n) is 10.4. The van der Waals surface area contributed by atoms with Gasteiger partial charge in [0.15, 0.2) is 18.0 Å². The van der Waals surface area contributed by atoms with E-state index in [9.17, 15) is 4.79 Å². The van der Waals surface area contributed by atoms with Crippen LogP contribution in [0, 0.1) is 0 Å². The Kier molecular flexibility index (Phi) is 7.83. The number of hydrogen-bond acceptors (Lipinski definition) is 6. The number of benzene rings is 2. The molecule has 1 saturated heterocycles. The lowest BCUT2D eigenvalue weighted by Crippen LogP contribution is -3.15. The maximum atomic E-state index is 12.5. The van der Waals surface area contributed by atoms with Gasteiger partial charge in [-0.1, -0.05) is 6.07 Å². The van der Waals surface area contributed by atoms with Crippen molar-refractivity contribution < 1.29 is 28.6 Å². The molecular formula is C23H32N3O5+. The minimum atomic E-state index is 0.0265. The van der Waals surface area contributed by atoms with Gasteiger partial charge in [0.05, 0.1) is 54.6 Å². The number of nitrogens with zero attached hydrogens (tertiary/aromatic N) is 1. The maximum absolute atomic E-state index is 12.5. The van der Waals surface area contributed by atoms with Gasteiger partial charge >= 0.3 is 0 Å². The summed E-state index contributed by atoms with van der Waals surface area (Å²) in [4.78, 5) is 16.1. The van der Waals surface area contributed by atoms with E-state index in [1.54, 1.807) is 28.4 Å². The topological polar surface area (TPSA) is 73.7 Å². The molecule has 0 atom stereocenters. The van der Waals surface area contributed by atoms with Crippen molar-refractivity contribution in [2.75, 3.05) is 66.1 Å². The molecule has 0 saturated carbocycles. The van der Waals surface area contributed by atoms with Crippen molar-refractivity contribution in [2.24, 2.45) is 0 Å². The number of anilines is 1. The lowest BCUT2D eigenvalue weighted by Gasteiger charge is -2.33. The minimum absolute atomic E-state index is 0.0265. The first-order valence-corrected chi connectivity index (χ1v) is 10.4. The smallest absolute Gasteiger partial charge is 0.275 e. The number of ether oxygens (including phenoxy) is 4. The molecule has 1 heterocycles. The van der Waals surface area contributed by atoms with Crippen LogP contribution >= 0.6 is 0 Å². The third-order valence-corrected chi connectivity index (χ3v) is 5.51. The third-order valence-electron chi connectivity index (χ3n) is 5.51. The Morgan fingerprint density at radius 2 is 1.65 bits per heavy atom. The maximum Gasteiger partial charge on any atom is 0.275 e. The van der Waals surface area contributed by atoms with E-state index >= 15 is 0 Å². The van der Waals surface area contributed by atoms with Gasteiger partial charge in [-0.3, -0.25) is 4.79 Å². The number of methoxy groups -OCH3 is 4. The molecule has 8 heteroatoms. The average molecular weight is 431 g/mol. The van der Waals surface area contributed by atoms with Gasteiger partial charge in [-0.15, -0.1) is 0 Å². The van der Waals surface area contributed by atoms with Crippen molar-refractivity contribution in [1.82, 2.24) is 5.32 Å². The lowest BCUT2D eigenvalue weighted by molar-refractivity contribution is -0.892. The molecule has 31 heavy (non-hydrogen) atoms. The number of amides is 1.